The predicted molar refractivity (Wildman–Crippen MR) is 33.6 cm³/mol. The lowest BCUT2D eigenvalue weighted by Crippen LogP contribution is -2.10. The number of pyridine rings is 1. The molecule has 1 aromatic rings. The largest absolute Gasteiger partial charge is 0.420 e. The lowest BCUT2D eigenvalue weighted by Gasteiger charge is -2.07. The van der Waals surface area contributed by atoms with Crippen LogP contribution >= 0.6 is 0 Å². The molecule has 0 spiro atoms. The third-order valence-electron chi connectivity index (χ3n) is 1.19. The fraction of sp³-hybridized carbons (Fsp3) is 0.167. The van der Waals surface area contributed by atoms with Crippen LogP contribution in [-0.2, 0) is 6.18 Å². The van der Waals surface area contributed by atoms with Gasteiger partial charge in [0.1, 0.15) is 17.2 Å². The quantitative estimate of drug-likeness (QED) is 0.618. The molecule has 0 amide bonds. The Morgan fingerprint density at radius 2 is 1.92 bits per heavy atom. The number of alkyl halides is 3. The van der Waals surface area contributed by atoms with E-state index in [1.54, 1.807) is 0 Å². The van der Waals surface area contributed by atoms with E-state index in [-0.39, 0.29) is 0 Å². The summed E-state index contributed by atoms with van der Waals surface area (Å²) in [6, 6.07) is 0.308. The molecule has 12 heavy (non-hydrogen) atoms. The Kier molecular flexibility index (Phi) is 1.91. The number of nitrogens with two attached hydrogens (primary N) is 1. The van der Waals surface area contributed by atoms with Crippen LogP contribution in [0.1, 0.15) is 5.56 Å². The molecule has 0 saturated heterocycles. The molecule has 6 heteroatoms. The maximum absolute atomic E-state index is 12.3. The maximum Gasteiger partial charge on any atom is 0.420 e. The number of nitrogen functional groups attached to an aromatic ring is 1. The summed E-state index contributed by atoms with van der Waals surface area (Å²) in [7, 11) is 0. The fourth-order valence-corrected chi connectivity index (χ4v) is 0.677. The van der Waals surface area contributed by atoms with E-state index in [4.69, 9.17) is 5.73 Å². The van der Waals surface area contributed by atoms with E-state index in [1.807, 2.05) is 0 Å². The van der Waals surface area contributed by atoms with Crippen molar-refractivity contribution < 1.29 is 17.6 Å². The van der Waals surface area contributed by atoms with Crippen molar-refractivity contribution in [3.63, 3.8) is 0 Å². The van der Waals surface area contributed by atoms with Gasteiger partial charge < -0.3 is 5.73 Å². The maximum atomic E-state index is 12.3. The Hall–Kier alpha value is -1.33. The van der Waals surface area contributed by atoms with Crippen LogP contribution in [0.4, 0.5) is 23.4 Å². The first kappa shape index (κ1) is 8.76. The minimum Gasteiger partial charge on any atom is -0.383 e. The van der Waals surface area contributed by atoms with Crippen molar-refractivity contribution >= 4 is 5.82 Å². The smallest absolute Gasteiger partial charge is 0.383 e. The molecule has 0 aliphatic heterocycles. The summed E-state index contributed by atoms with van der Waals surface area (Å²) in [6.45, 7) is 0. The second-order valence-corrected chi connectivity index (χ2v) is 2.08. The van der Waals surface area contributed by atoms with E-state index < -0.39 is 23.4 Å². The van der Waals surface area contributed by atoms with Gasteiger partial charge in [0.2, 0.25) is 0 Å². The minimum absolute atomic E-state index is 0.308. The molecular weight excluding hydrogens is 176 g/mol. The van der Waals surface area contributed by atoms with E-state index in [1.165, 1.54) is 0 Å². The van der Waals surface area contributed by atoms with E-state index in [9.17, 15) is 17.6 Å². The van der Waals surface area contributed by atoms with Gasteiger partial charge >= 0.3 is 6.18 Å². The molecule has 1 rings (SSSR count). The van der Waals surface area contributed by atoms with Crippen LogP contribution in [0.15, 0.2) is 12.3 Å². The molecule has 2 nitrogen and oxygen atoms in total. The van der Waals surface area contributed by atoms with Gasteiger partial charge in [0.05, 0.1) is 6.20 Å². The molecule has 0 aliphatic rings. The van der Waals surface area contributed by atoms with E-state index in [0.717, 1.165) is 0 Å². The SMILES string of the molecule is Nc1ncc(F)cc1C(F)(F)F. The van der Waals surface area contributed by atoms with Gasteiger partial charge in [0.15, 0.2) is 0 Å². The summed E-state index contributed by atoms with van der Waals surface area (Å²) in [4.78, 5) is 3.03. The lowest BCUT2D eigenvalue weighted by atomic mass is 10.2. The van der Waals surface area contributed by atoms with Gasteiger partial charge in [-0.05, 0) is 6.07 Å². The molecule has 0 atom stereocenters. The van der Waals surface area contributed by atoms with E-state index in [0.29, 0.717) is 12.3 Å². The van der Waals surface area contributed by atoms with Crippen LogP contribution in [0, 0.1) is 5.82 Å². The third-order valence-corrected chi connectivity index (χ3v) is 1.19. The van der Waals surface area contributed by atoms with Gasteiger partial charge in [-0.25, -0.2) is 9.37 Å². The summed E-state index contributed by atoms with van der Waals surface area (Å²) in [5.41, 5.74) is 3.63. The molecule has 0 aliphatic carbocycles. The average Bonchev–Trinajstić information content (AvgIpc) is 1.92. The number of aromatic nitrogens is 1. The number of hydrogen-bond donors (Lipinski definition) is 1. The Labute approximate surface area is 65.0 Å². The van der Waals surface area contributed by atoms with Gasteiger partial charge in [-0.2, -0.15) is 13.2 Å². The Bertz CT molecular complexity index is 294. The van der Waals surface area contributed by atoms with Crippen LogP contribution in [-0.4, -0.2) is 4.98 Å². The predicted octanol–water partition coefficient (Wildman–Crippen LogP) is 1.82. The van der Waals surface area contributed by atoms with Crippen LogP contribution in [0.5, 0.6) is 0 Å². The zero-order chi connectivity index (χ0) is 9.35. The molecule has 0 unspecified atom stereocenters. The van der Waals surface area contributed by atoms with Crippen LogP contribution in [0.25, 0.3) is 0 Å². The first-order chi connectivity index (χ1) is 5.41. The summed E-state index contributed by atoms with van der Waals surface area (Å²) in [5, 5.41) is 0. The summed E-state index contributed by atoms with van der Waals surface area (Å²) >= 11 is 0. The highest BCUT2D eigenvalue weighted by molar-refractivity contribution is 5.40. The van der Waals surface area contributed by atoms with Gasteiger partial charge in [0.25, 0.3) is 0 Å². The normalized spacial score (nSPS) is 11.7. The number of halogens is 4. The second-order valence-electron chi connectivity index (χ2n) is 2.08. The molecule has 2 N–H and O–H groups in total. The molecule has 0 bridgehead atoms. The second kappa shape index (κ2) is 2.62. The monoisotopic (exact) mass is 180 g/mol. The summed E-state index contributed by atoms with van der Waals surface area (Å²) < 4.78 is 48.1. The lowest BCUT2D eigenvalue weighted by molar-refractivity contribution is -0.137. The molecular formula is C6H4F4N2. The van der Waals surface area contributed by atoms with Crippen LogP contribution in [0.3, 0.4) is 0 Å². The zero-order valence-electron chi connectivity index (χ0n) is 5.69. The molecule has 0 aromatic carbocycles. The van der Waals surface area contributed by atoms with Crippen molar-refractivity contribution in [2.75, 3.05) is 5.73 Å². The molecule has 0 fully saturated rings. The molecule has 0 radical (unpaired) electrons. The number of rotatable bonds is 0. The Morgan fingerprint density at radius 1 is 1.33 bits per heavy atom. The highest BCUT2D eigenvalue weighted by Crippen LogP contribution is 2.32. The minimum atomic E-state index is -4.65. The topological polar surface area (TPSA) is 38.9 Å². The Balaban J connectivity index is 3.23. The molecule has 0 saturated carbocycles. The van der Waals surface area contributed by atoms with Crippen molar-refractivity contribution in [1.29, 1.82) is 0 Å². The van der Waals surface area contributed by atoms with Crippen molar-refractivity contribution in [3.8, 4) is 0 Å². The van der Waals surface area contributed by atoms with Gasteiger partial charge in [0, 0.05) is 0 Å². The van der Waals surface area contributed by atoms with Crippen molar-refractivity contribution in [2.45, 2.75) is 6.18 Å². The highest BCUT2D eigenvalue weighted by atomic mass is 19.4. The van der Waals surface area contributed by atoms with E-state index in [2.05, 4.69) is 4.98 Å². The first-order valence-electron chi connectivity index (χ1n) is 2.89. The first-order valence-corrected chi connectivity index (χ1v) is 2.89. The van der Waals surface area contributed by atoms with Gasteiger partial charge in [-0.1, -0.05) is 0 Å². The van der Waals surface area contributed by atoms with E-state index >= 15 is 0 Å². The summed E-state index contributed by atoms with van der Waals surface area (Å²) in [6.07, 6.45) is -4.02. The van der Waals surface area contributed by atoms with Crippen LogP contribution < -0.4 is 5.73 Å². The van der Waals surface area contributed by atoms with Gasteiger partial charge in [-0.15, -0.1) is 0 Å². The zero-order valence-corrected chi connectivity index (χ0v) is 5.69. The standard InChI is InChI=1S/C6H4F4N2/c7-3-1-4(6(8,9)10)5(11)12-2-3/h1-2H,(H2,11,12). The van der Waals surface area contributed by atoms with Crippen molar-refractivity contribution in [2.24, 2.45) is 0 Å². The Morgan fingerprint density at radius 3 is 2.33 bits per heavy atom. The number of nitrogens with zero attached hydrogens (tertiary/aromatic N) is 1. The average molecular weight is 180 g/mol. The van der Waals surface area contributed by atoms with Crippen molar-refractivity contribution in [1.82, 2.24) is 4.98 Å². The summed E-state index contributed by atoms with van der Waals surface area (Å²) in [5.74, 6) is -1.78. The van der Waals surface area contributed by atoms with Crippen LogP contribution in [0.2, 0.25) is 0 Å². The molecule has 1 heterocycles. The molecule has 66 valence electrons. The number of hydrogen-bond acceptors (Lipinski definition) is 2. The number of anilines is 1. The molecule has 1 aromatic heterocycles. The fourth-order valence-electron chi connectivity index (χ4n) is 0.677. The van der Waals surface area contributed by atoms with Crippen molar-refractivity contribution in [3.05, 3.63) is 23.6 Å². The third kappa shape index (κ3) is 1.63. The highest BCUT2D eigenvalue weighted by Gasteiger charge is 2.34. The van der Waals surface area contributed by atoms with Gasteiger partial charge in [-0.3, -0.25) is 0 Å².